The van der Waals surface area contributed by atoms with Crippen molar-refractivity contribution in [1.82, 2.24) is 10.3 Å². The number of fused-ring (bicyclic) bond motifs is 1. The molecule has 2 heterocycles. The first-order chi connectivity index (χ1) is 10.6. The number of nitrogens with one attached hydrogen (secondary N) is 1. The maximum atomic E-state index is 11.8. The summed E-state index contributed by atoms with van der Waals surface area (Å²) < 4.78 is 0. The molecule has 1 N–H and O–H groups in total. The maximum Gasteiger partial charge on any atom is 0.227 e. The van der Waals surface area contributed by atoms with Crippen LogP contribution >= 0.6 is 0 Å². The third kappa shape index (κ3) is 2.62. The van der Waals surface area contributed by atoms with Crippen LogP contribution in [0.3, 0.4) is 0 Å². The van der Waals surface area contributed by atoms with Gasteiger partial charge in [-0.3, -0.25) is 9.78 Å². The number of anilines is 1. The zero-order valence-corrected chi connectivity index (χ0v) is 13.3. The third-order valence-corrected chi connectivity index (χ3v) is 4.45. The first-order valence-corrected chi connectivity index (χ1v) is 7.62. The number of nitrogens with zero attached hydrogens (tertiary/aromatic N) is 2. The Labute approximate surface area is 131 Å². The largest absolute Gasteiger partial charge is 0.315 e. The van der Waals surface area contributed by atoms with Crippen molar-refractivity contribution >= 4 is 11.6 Å². The lowest BCUT2D eigenvalue weighted by molar-refractivity contribution is -0.118. The smallest absolute Gasteiger partial charge is 0.227 e. The summed E-state index contributed by atoms with van der Waals surface area (Å²) in [5, 5.41) is 3.24. The van der Waals surface area contributed by atoms with Crippen LogP contribution in [0.2, 0.25) is 0 Å². The number of hydrogen-bond donors (Lipinski definition) is 1. The number of benzene rings is 1. The highest BCUT2D eigenvalue weighted by Crippen LogP contribution is 2.31. The van der Waals surface area contributed by atoms with Crippen LogP contribution in [0.4, 0.5) is 5.69 Å². The Bertz CT molecular complexity index is 711. The summed E-state index contributed by atoms with van der Waals surface area (Å²) in [5.74, 6) is 0.187. The van der Waals surface area contributed by atoms with E-state index in [-0.39, 0.29) is 11.9 Å². The van der Waals surface area contributed by atoms with Gasteiger partial charge in [0.15, 0.2) is 0 Å². The van der Waals surface area contributed by atoms with Crippen molar-refractivity contribution < 1.29 is 4.79 Å². The Balaban J connectivity index is 1.98. The lowest BCUT2D eigenvalue weighted by Gasteiger charge is -2.26. The summed E-state index contributed by atoms with van der Waals surface area (Å²) in [4.78, 5) is 17.9. The van der Waals surface area contributed by atoms with E-state index < -0.39 is 0 Å². The number of aromatic nitrogens is 1. The lowest BCUT2D eigenvalue weighted by Crippen LogP contribution is -2.30. The van der Waals surface area contributed by atoms with Crippen molar-refractivity contribution in [3.63, 3.8) is 0 Å². The molecule has 1 aliphatic rings. The summed E-state index contributed by atoms with van der Waals surface area (Å²) in [6.07, 6.45) is 5.19. The molecule has 22 heavy (non-hydrogen) atoms. The molecule has 1 unspecified atom stereocenters. The van der Waals surface area contributed by atoms with Gasteiger partial charge < -0.3 is 10.2 Å². The molecule has 0 bridgehead atoms. The number of carbonyl (C=O) groups is 1. The number of pyridine rings is 1. The van der Waals surface area contributed by atoms with Gasteiger partial charge >= 0.3 is 0 Å². The van der Waals surface area contributed by atoms with Gasteiger partial charge in [0.05, 0.1) is 0 Å². The molecule has 4 nitrogen and oxygen atoms in total. The topological polar surface area (TPSA) is 45.2 Å². The highest BCUT2D eigenvalue weighted by molar-refractivity contribution is 5.96. The molecule has 0 fully saturated rings. The van der Waals surface area contributed by atoms with Crippen LogP contribution in [0.25, 0.3) is 11.1 Å². The lowest BCUT2D eigenvalue weighted by atomic mass is 9.96. The molecule has 1 amide bonds. The summed E-state index contributed by atoms with van der Waals surface area (Å²) >= 11 is 0. The minimum Gasteiger partial charge on any atom is -0.315 e. The zero-order chi connectivity index (χ0) is 15.7. The molecule has 0 aliphatic carbocycles. The second kappa shape index (κ2) is 5.89. The predicted octanol–water partition coefficient (Wildman–Crippen LogP) is 2.94. The highest BCUT2D eigenvalue weighted by atomic mass is 16.2. The molecular formula is C18H21N3O. The van der Waals surface area contributed by atoms with Crippen LogP contribution < -0.4 is 10.2 Å². The van der Waals surface area contributed by atoms with Crippen molar-refractivity contribution in [3.05, 3.63) is 47.8 Å². The SMILES string of the molecule is CNC(C)c1cncc(-c2ccc3c(c2)CCC(=O)N3C)c1. The van der Waals surface area contributed by atoms with Gasteiger partial charge in [0, 0.05) is 43.2 Å². The van der Waals surface area contributed by atoms with Gasteiger partial charge in [0.25, 0.3) is 0 Å². The highest BCUT2D eigenvalue weighted by Gasteiger charge is 2.21. The van der Waals surface area contributed by atoms with Gasteiger partial charge in [-0.2, -0.15) is 0 Å². The number of rotatable bonds is 3. The summed E-state index contributed by atoms with van der Waals surface area (Å²) in [5.41, 5.74) is 5.69. The van der Waals surface area contributed by atoms with Crippen molar-refractivity contribution in [1.29, 1.82) is 0 Å². The molecule has 0 spiro atoms. The van der Waals surface area contributed by atoms with E-state index in [4.69, 9.17) is 0 Å². The first-order valence-electron chi connectivity index (χ1n) is 7.62. The number of carbonyl (C=O) groups excluding carboxylic acids is 1. The fourth-order valence-electron chi connectivity index (χ4n) is 2.86. The average molecular weight is 295 g/mol. The molecule has 0 saturated carbocycles. The zero-order valence-electron chi connectivity index (χ0n) is 13.3. The molecular weight excluding hydrogens is 274 g/mol. The van der Waals surface area contributed by atoms with Crippen LogP contribution in [0.5, 0.6) is 0 Å². The third-order valence-electron chi connectivity index (χ3n) is 4.45. The van der Waals surface area contributed by atoms with Crippen LogP contribution in [0.15, 0.2) is 36.7 Å². The van der Waals surface area contributed by atoms with Crippen molar-refractivity contribution in [3.8, 4) is 11.1 Å². The molecule has 1 aromatic carbocycles. The van der Waals surface area contributed by atoms with E-state index in [9.17, 15) is 4.79 Å². The van der Waals surface area contributed by atoms with E-state index in [1.165, 1.54) is 11.1 Å². The van der Waals surface area contributed by atoms with E-state index in [1.54, 1.807) is 4.90 Å². The average Bonchev–Trinajstić information content (AvgIpc) is 2.57. The molecule has 3 rings (SSSR count). The van der Waals surface area contributed by atoms with Gasteiger partial charge in [-0.15, -0.1) is 0 Å². The van der Waals surface area contributed by atoms with Gasteiger partial charge in [-0.1, -0.05) is 6.07 Å². The predicted molar refractivity (Wildman–Crippen MR) is 88.9 cm³/mol. The fourth-order valence-corrected chi connectivity index (χ4v) is 2.86. The van der Waals surface area contributed by atoms with Gasteiger partial charge in [-0.25, -0.2) is 0 Å². The molecule has 4 heteroatoms. The van der Waals surface area contributed by atoms with Gasteiger partial charge in [0.2, 0.25) is 5.91 Å². The van der Waals surface area contributed by atoms with E-state index in [0.717, 1.165) is 23.2 Å². The van der Waals surface area contributed by atoms with Crippen LogP contribution in [-0.4, -0.2) is 25.0 Å². The molecule has 0 radical (unpaired) electrons. The summed E-state index contributed by atoms with van der Waals surface area (Å²) in [6.45, 7) is 2.12. The first kappa shape index (κ1) is 14.7. The second-order valence-corrected chi connectivity index (χ2v) is 5.81. The van der Waals surface area contributed by atoms with E-state index in [0.29, 0.717) is 6.42 Å². The summed E-state index contributed by atoms with van der Waals surface area (Å²) in [7, 11) is 3.79. The molecule has 114 valence electrons. The maximum absolute atomic E-state index is 11.8. The number of hydrogen-bond acceptors (Lipinski definition) is 3. The second-order valence-electron chi connectivity index (χ2n) is 5.81. The number of aryl methyl sites for hydroxylation is 1. The Morgan fingerprint density at radius 2 is 2.00 bits per heavy atom. The Morgan fingerprint density at radius 3 is 2.77 bits per heavy atom. The molecule has 1 aromatic heterocycles. The minimum atomic E-state index is 0.187. The molecule has 2 aromatic rings. The van der Waals surface area contributed by atoms with E-state index in [1.807, 2.05) is 32.6 Å². The molecule has 0 saturated heterocycles. The van der Waals surface area contributed by atoms with Crippen molar-refractivity contribution in [2.45, 2.75) is 25.8 Å². The van der Waals surface area contributed by atoms with Gasteiger partial charge in [0.1, 0.15) is 0 Å². The van der Waals surface area contributed by atoms with Crippen LogP contribution in [0, 0.1) is 0 Å². The Morgan fingerprint density at radius 1 is 1.18 bits per heavy atom. The van der Waals surface area contributed by atoms with Gasteiger partial charge in [-0.05, 0) is 55.3 Å². The Kier molecular flexibility index (Phi) is 3.94. The van der Waals surface area contributed by atoms with Crippen LogP contribution in [-0.2, 0) is 11.2 Å². The summed E-state index contributed by atoms with van der Waals surface area (Å²) in [6, 6.07) is 8.74. The minimum absolute atomic E-state index is 0.187. The normalized spacial score (nSPS) is 15.6. The quantitative estimate of drug-likeness (QED) is 0.947. The monoisotopic (exact) mass is 295 g/mol. The van der Waals surface area contributed by atoms with E-state index >= 15 is 0 Å². The van der Waals surface area contributed by atoms with Crippen molar-refractivity contribution in [2.75, 3.05) is 19.0 Å². The van der Waals surface area contributed by atoms with Crippen LogP contribution in [0.1, 0.15) is 30.5 Å². The number of amides is 1. The van der Waals surface area contributed by atoms with Crippen molar-refractivity contribution in [2.24, 2.45) is 0 Å². The van der Waals surface area contributed by atoms with E-state index in [2.05, 4.69) is 35.4 Å². The standard InChI is InChI=1S/C18H21N3O/c1-12(19-2)15-9-16(11-20-10-15)13-4-6-17-14(8-13)5-7-18(22)21(17)3/h4,6,8-12,19H,5,7H2,1-3H3. The molecule has 1 atom stereocenters. The molecule has 1 aliphatic heterocycles. The Hall–Kier alpha value is -2.20. The fraction of sp³-hybridized carbons (Fsp3) is 0.333.